The van der Waals surface area contributed by atoms with Gasteiger partial charge in [0.25, 0.3) is 5.91 Å². The molecule has 4 aromatic rings. The Labute approximate surface area is 208 Å². The van der Waals surface area contributed by atoms with Crippen molar-refractivity contribution in [3.05, 3.63) is 101 Å². The van der Waals surface area contributed by atoms with Gasteiger partial charge in [-0.05, 0) is 53.6 Å². The predicted octanol–water partition coefficient (Wildman–Crippen LogP) is 4.50. The molecular weight excluding hydrogens is 456 g/mol. The van der Waals surface area contributed by atoms with E-state index in [2.05, 4.69) is 39.1 Å². The number of nitrogens with one attached hydrogen (secondary N) is 2. The number of carbonyl (C=O) groups excluding carboxylic acids is 1. The highest BCUT2D eigenvalue weighted by atomic mass is 16.5. The van der Waals surface area contributed by atoms with Gasteiger partial charge in [0.1, 0.15) is 24.1 Å². The van der Waals surface area contributed by atoms with Crippen LogP contribution in [0.1, 0.15) is 29.7 Å². The third kappa shape index (κ3) is 4.38. The number of anilines is 2. The Morgan fingerprint density at radius 2 is 1.72 bits per heavy atom. The Morgan fingerprint density at radius 3 is 2.53 bits per heavy atom. The number of hydrogen-bond donors (Lipinski definition) is 2. The minimum absolute atomic E-state index is 0.302. The van der Waals surface area contributed by atoms with Crippen LogP contribution in [0.3, 0.4) is 0 Å². The van der Waals surface area contributed by atoms with Crippen LogP contribution < -0.4 is 20.1 Å². The summed E-state index contributed by atoms with van der Waals surface area (Å²) in [6.45, 7) is 4.28. The molecular formula is C27H26N6O3. The highest BCUT2D eigenvalue weighted by Crippen LogP contribution is 2.39. The second-order valence-electron chi connectivity index (χ2n) is 8.42. The van der Waals surface area contributed by atoms with E-state index in [-0.39, 0.29) is 5.91 Å². The fourth-order valence-corrected chi connectivity index (χ4v) is 4.30. The zero-order valence-corrected chi connectivity index (χ0v) is 20.2. The number of amides is 1. The lowest BCUT2D eigenvalue weighted by Gasteiger charge is -2.29. The Kier molecular flexibility index (Phi) is 6.36. The van der Waals surface area contributed by atoms with E-state index in [4.69, 9.17) is 9.47 Å². The maximum absolute atomic E-state index is 13.7. The number of nitrogens with zero attached hydrogens (tertiary/aromatic N) is 4. The van der Waals surface area contributed by atoms with Crippen molar-refractivity contribution >= 4 is 17.5 Å². The number of carbonyl (C=O) groups is 1. The maximum Gasteiger partial charge on any atom is 0.255 e. The maximum atomic E-state index is 13.7. The van der Waals surface area contributed by atoms with Crippen molar-refractivity contribution in [2.75, 3.05) is 17.7 Å². The molecule has 9 heteroatoms. The molecule has 0 radical (unpaired) electrons. The summed E-state index contributed by atoms with van der Waals surface area (Å²) in [5, 5.41) is 18.2. The van der Waals surface area contributed by atoms with Crippen molar-refractivity contribution in [1.29, 1.82) is 0 Å². The van der Waals surface area contributed by atoms with Crippen molar-refractivity contribution in [2.45, 2.75) is 26.5 Å². The lowest BCUT2D eigenvalue weighted by atomic mass is 9.94. The minimum Gasteiger partial charge on any atom is -0.495 e. The van der Waals surface area contributed by atoms with Gasteiger partial charge in [-0.3, -0.25) is 4.79 Å². The summed E-state index contributed by atoms with van der Waals surface area (Å²) in [7, 11) is 1.57. The van der Waals surface area contributed by atoms with Gasteiger partial charge in [-0.15, -0.1) is 0 Å². The van der Waals surface area contributed by atoms with E-state index in [1.54, 1.807) is 23.9 Å². The van der Waals surface area contributed by atoms with Gasteiger partial charge in [0, 0.05) is 11.3 Å². The van der Waals surface area contributed by atoms with Crippen molar-refractivity contribution in [2.24, 2.45) is 0 Å². The number of fused-ring (bicyclic) bond motifs is 1. The van der Waals surface area contributed by atoms with E-state index in [9.17, 15) is 4.79 Å². The topological polar surface area (TPSA) is 103 Å². The molecule has 182 valence electrons. The molecule has 1 aliphatic heterocycles. The van der Waals surface area contributed by atoms with Crippen molar-refractivity contribution in [3.63, 3.8) is 0 Å². The van der Waals surface area contributed by atoms with Crippen LogP contribution in [0.15, 0.2) is 84.1 Å². The molecule has 0 spiro atoms. The number of tetrazole rings is 1. The highest BCUT2D eigenvalue weighted by Gasteiger charge is 2.36. The van der Waals surface area contributed by atoms with Gasteiger partial charge in [-0.2, -0.15) is 4.68 Å². The molecule has 0 saturated heterocycles. The lowest BCUT2D eigenvalue weighted by Crippen LogP contribution is -2.32. The van der Waals surface area contributed by atoms with E-state index in [1.807, 2.05) is 61.5 Å². The van der Waals surface area contributed by atoms with Crippen LogP contribution in [0.5, 0.6) is 11.5 Å². The molecule has 9 nitrogen and oxygen atoms in total. The normalized spacial score (nSPS) is 14.6. The van der Waals surface area contributed by atoms with Crippen LogP contribution in [0.25, 0.3) is 0 Å². The fourth-order valence-electron chi connectivity index (χ4n) is 4.30. The van der Waals surface area contributed by atoms with Gasteiger partial charge in [0.05, 0.1) is 18.4 Å². The second kappa shape index (κ2) is 9.91. The number of ether oxygens (including phenoxy) is 2. The first-order chi connectivity index (χ1) is 17.6. The molecule has 5 rings (SSSR count). The Balaban J connectivity index is 1.53. The first-order valence-electron chi connectivity index (χ1n) is 11.5. The van der Waals surface area contributed by atoms with Gasteiger partial charge < -0.3 is 20.1 Å². The first kappa shape index (κ1) is 23.1. The van der Waals surface area contributed by atoms with Crippen molar-refractivity contribution in [3.8, 4) is 11.5 Å². The summed E-state index contributed by atoms with van der Waals surface area (Å²) >= 11 is 0. The molecule has 2 N–H and O–H groups in total. The molecule has 1 amide bonds. The lowest BCUT2D eigenvalue weighted by molar-refractivity contribution is -0.113. The number of methoxy groups -OCH3 is 1. The quantitative estimate of drug-likeness (QED) is 0.400. The number of aromatic nitrogens is 4. The summed E-state index contributed by atoms with van der Waals surface area (Å²) < 4.78 is 13.3. The third-order valence-electron chi connectivity index (χ3n) is 6.17. The second-order valence-corrected chi connectivity index (χ2v) is 8.42. The number of aryl methyl sites for hydroxylation is 1. The summed E-state index contributed by atoms with van der Waals surface area (Å²) in [5.41, 5.74) is 4.67. The fraction of sp³-hybridized carbons (Fsp3) is 0.185. The number of rotatable bonds is 7. The van der Waals surface area contributed by atoms with Crippen LogP contribution in [-0.4, -0.2) is 33.2 Å². The Bertz CT molecular complexity index is 1440. The Morgan fingerprint density at radius 1 is 1.00 bits per heavy atom. The van der Waals surface area contributed by atoms with Crippen LogP contribution in [0, 0.1) is 6.92 Å². The van der Waals surface area contributed by atoms with Gasteiger partial charge in [0.15, 0.2) is 0 Å². The van der Waals surface area contributed by atoms with Gasteiger partial charge in [0.2, 0.25) is 5.95 Å². The zero-order chi connectivity index (χ0) is 25.1. The first-order valence-corrected chi connectivity index (χ1v) is 11.5. The van der Waals surface area contributed by atoms with E-state index < -0.39 is 6.04 Å². The molecule has 2 heterocycles. The van der Waals surface area contributed by atoms with Gasteiger partial charge in [-0.1, -0.05) is 59.7 Å². The van der Waals surface area contributed by atoms with E-state index in [0.29, 0.717) is 41.0 Å². The van der Waals surface area contributed by atoms with E-state index in [1.165, 1.54) is 0 Å². The van der Waals surface area contributed by atoms with Crippen LogP contribution in [-0.2, 0) is 11.4 Å². The minimum atomic E-state index is -0.612. The van der Waals surface area contributed by atoms with Crippen LogP contribution >= 0.6 is 0 Å². The SMILES string of the molecule is COc1ccccc1NC(=O)C1=C(C)Nc2nnnn2C1c1ccccc1OCc1ccccc1C. The molecule has 0 aliphatic carbocycles. The largest absolute Gasteiger partial charge is 0.495 e. The monoisotopic (exact) mass is 482 g/mol. The molecule has 0 saturated carbocycles. The molecule has 1 aliphatic rings. The van der Waals surface area contributed by atoms with Crippen molar-refractivity contribution in [1.82, 2.24) is 20.2 Å². The molecule has 0 fully saturated rings. The summed E-state index contributed by atoms with van der Waals surface area (Å²) in [4.78, 5) is 13.7. The Hall–Kier alpha value is -4.66. The number of benzene rings is 3. The molecule has 3 aromatic carbocycles. The number of hydrogen-bond acceptors (Lipinski definition) is 7. The average molecular weight is 483 g/mol. The molecule has 1 unspecified atom stereocenters. The molecule has 1 aromatic heterocycles. The summed E-state index contributed by atoms with van der Waals surface area (Å²) in [6.07, 6.45) is 0. The van der Waals surface area contributed by atoms with Crippen LogP contribution in [0.2, 0.25) is 0 Å². The smallest absolute Gasteiger partial charge is 0.255 e. The van der Waals surface area contributed by atoms with Gasteiger partial charge in [-0.25, -0.2) is 0 Å². The molecule has 0 bridgehead atoms. The summed E-state index contributed by atoms with van der Waals surface area (Å²) in [5.74, 6) is 1.35. The van der Waals surface area contributed by atoms with Gasteiger partial charge >= 0.3 is 0 Å². The van der Waals surface area contributed by atoms with E-state index in [0.717, 1.165) is 16.7 Å². The van der Waals surface area contributed by atoms with E-state index >= 15 is 0 Å². The predicted molar refractivity (Wildman–Crippen MR) is 136 cm³/mol. The number of allylic oxidation sites excluding steroid dienone is 1. The average Bonchev–Trinajstić information content (AvgIpc) is 3.36. The third-order valence-corrected chi connectivity index (χ3v) is 6.17. The van der Waals surface area contributed by atoms with Crippen molar-refractivity contribution < 1.29 is 14.3 Å². The van der Waals surface area contributed by atoms with Crippen LogP contribution in [0.4, 0.5) is 11.6 Å². The zero-order valence-electron chi connectivity index (χ0n) is 20.2. The highest BCUT2D eigenvalue weighted by molar-refractivity contribution is 6.06. The number of para-hydroxylation sites is 3. The molecule has 1 atom stereocenters. The molecule has 36 heavy (non-hydrogen) atoms. The standard InChI is InChI=1S/C27H26N6O3/c1-17-10-4-5-11-19(17)16-36-22-14-8-6-12-20(22)25-24(18(2)28-27-30-31-32-33(25)27)26(34)29-21-13-7-9-15-23(21)35-3/h4-15,25H,16H2,1-3H3,(H,29,34)(H,28,30,32). The summed E-state index contributed by atoms with van der Waals surface area (Å²) in [6, 6.07) is 22.4.